The summed E-state index contributed by atoms with van der Waals surface area (Å²) in [6.45, 7) is 2.25. The maximum Gasteiger partial charge on any atom is 0.573 e. The number of halogens is 3. The summed E-state index contributed by atoms with van der Waals surface area (Å²) in [6.07, 6.45) is -4.68. The molecule has 0 aliphatic rings. The van der Waals surface area contributed by atoms with Crippen LogP contribution in [0.25, 0.3) is 0 Å². The lowest BCUT2D eigenvalue weighted by atomic mass is 10.1. The zero-order chi connectivity index (χ0) is 15.3. The van der Waals surface area contributed by atoms with Gasteiger partial charge in [0.1, 0.15) is 5.75 Å². The molecule has 0 saturated carbocycles. The molecule has 0 bridgehead atoms. The molecule has 0 amide bonds. The fourth-order valence-corrected chi connectivity index (χ4v) is 2.00. The Morgan fingerprint density at radius 2 is 1.62 bits per heavy atom. The second-order valence-electron chi connectivity index (χ2n) is 4.67. The fraction of sp³-hybridized carbons (Fsp3) is 0.250. The van der Waals surface area contributed by atoms with E-state index in [1.807, 2.05) is 37.3 Å². The van der Waals surface area contributed by atoms with Crippen molar-refractivity contribution >= 4 is 0 Å². The predicted molar refractivity (Wildman–Crippen MR) is 74.8 cm³/mol. The van der Waals surface area contributed by atoms with Crippen molar-refractivity contribution in [3.63, 3.8) is 0 Å². The molecule has 2 nitrogen and oxygen atoms in total. The van der Waals surface area contributed by atoms with Crippen molar-refractivity contribution in [2.45, 2.75) is 25.9 Å². The lowest BCUT2D eigenvalue weighted by Crippen LogP contribution is -2.21. The van der Waals surface area contributed by atoms with Crippen LogP contribution in [0.2, 0.25) is 0 Å². The van der Waals surface area contributed by atoms with Crippen LogP contribution >= 0.6 is 0 Å². The van der Waals surface area contributed by atoms with Crippen molar-refractivity contribution in [2.75, 3.05) is 0 Å². The Labute approximate surface area is 121 Å². The summed E-state index contributed by atoms with van der Waals surface area (Å²) in [4.78, 5) is 0. The zero-order valence-electron chi connectivity index (χ0n) is 11.5. The summed E-state index contributed by atoms with van der Waals surface area (Å²) in [5, 5.41) is 3.19. The summed E-state index contributed by atoms with van der Waals surface area (Å²) in [5.41, 5.74) is 1.55. The van der Waals surface area contributed by atoms with Gasteiger partial charge in [0, 0.05) is 18.2 Å². The highest BCUT2D eigenvalue weighted by atomic mass is 19.4. The van der Waals surface area contributed by atoms with Crippen LogP contribution in [-0.2, 0) is 6.54 Å². The van der Waals surface area contributed by atoms with E-state index in [9.17, 15) is 13.2 Å². The first-order valence-electron chi connectivity index (χ1n) is 6.58. The third kappa shape index (κ3) is 4.79. The summed E-state index contributed by atoms with van der Waals surface area (Å²) < 4.78 is 41.1. The van der Waals surface area contributed by atoms with Gasteiger partial charge in [0.15, 0.2) is 0 Å². The van der Waals surface area contributed by atoms with Gasteiger partial charge in [0.2, 0.25) is 0 Å². The van der Waals surface area contributed by atoms with Gasteiger partial charge in [-0.05, 0) is 18.6 Å². The first-order valence-corrected chi connectivity index (χ1v) is 6.58. The van der Waals surface area contributed by atoms with Gasteiger partial charge < -0.3 is 10.1 Å². The lowest BCUT2D eigenvalue weighted by molar-refractivity contribution is -0.274. The molecule has 2 aromatic carbocycles. The van der Waals surface area contributed by atoms with E-state index in [4.69, 9.17) is 0 Å². The molecule has 5 heteroatoms. The number of ether oxygens (including phenoxy) is 1. The van der Waals surface area contributed by atoms with Crippen LogP contribution in [0.1, 0.15) is 24.1 Å². The summed E-state index contributed by atoms with van der Waals surface area (Å²) in [5.74, 6) is -0.169. The molecule has 112 valence electrons. The van der Waals surface area contributed by atoms with E-state index >= 15 is 0 Å². The van der Waals surface area contributed by atoms with E-state index in [0.717, 1.165) is 5.56 Å². The lowest BCUT2D eigenvalue weighted by Gasteiger charge is -2.17. The van der Waals surface area contributed by atoms with Crippen LogP contribution in [0, 0.1) is 0 Å². The molecule has 0 saturated heterocycles. The smallest absolute Gasteiger partial charge is 0.405 e. The van der Waals surface area contributed by atoms with E-state index in [-0.39, 0.29) is 11.8 Å². The second kappa shape index (κ2) is 6.63. The van der Waals surface area contributed by atoms with Gasteiger partial charge in [-0.1, -0.05) is 48.5 Å². The average molecular weight is 295 g/mol. The van der Waals surface area contributed by atoms with E-state index in [2.05, 4.69) is 10.1 Å². The predicted octanol–water partition coefficient (Wildman–Crippen LogP) is 4.44. The first kappa shape index (κ1) is 15.4. The molecule has 0 radical (unpaired) electrons. The molecule has 1 atom stereocenters. The molecule has 2 aromatic rings. The summed E-state index contributed by atoms with van der Waals surface area (Å²) in [6, 6.07) is 15.9. The van der Waals surface area contributed by atoms with E-state index in [1.54, 1.807) is 12.1 Å². The first-order chi connectivity index (χ1) is 9.96. The molecular weight excluding hydrogens is 279 g/mol. The van der Waals surface area contributed by atoms with Gasteiger partial charge in [-0.3, -0.25) is 0 Å². The number of hydrogen-bond donors (Lipinski definition) is 1. The highest BCUT2D eigenvalue weighted by molar-refractivity contribution is 5.33. The number of benzene rings is 2. The van der Waals surface area contributed by atoms with Crippen LogP contribution in [0.3, 0.4) is 0 Å². The topological polar surface area (TPSA) is 21.3 Å². The van der Waals surface area contributed by atoms with Gasteiger partial charge in [0.05, 0.1) is 0 Å². The average Bonchev–Trinajstić information content (AvgIpc) is 2.45. The standard InChI is InChI=1S/C16H16F3NO/c1-12(13-7-3-2-4-8-13)20-11-14-9-5-6-10-15(14)21-16(17,18)19/h2-10,12,20H,11H2,1H3. The van der Waals surface area contributed by atoms with E-state index in [0.29, 0.717) is 12.1 Å². The van der Waals surface area contributed by atoms with E-state index < -0.39 is 6.36 Å². The van der Waals surface area contributed by atoms with Gasteiger partial charge in [0.25, 0.3) is 0 Å². The number of para-hydroxylation sites is 1. The van der Waals surface area contributed by atoms with Gasteiger partial charge in [-0.2, -0.15) is 0 Å². The Morgan fingerprint density at radius 1 is 1.00 bits per heavy atom. The Morgan fingerprint density at radius 3 is 2.29 bits per heavy atom. The maximum absolute atomic E-state index is 12.3. The number of alkyl halides is 3. The molecule has 21 heavy (non-hydrogen) atoms. The maximum atomic E-state index is 12.3. The monoisotopic (exact) mass is 295 g/mol. The van der Waals surface area contributed by atoms with Crippen LogP contribution in [-0.4, -0.2) is 6.36 Å². The van der Waals surface area contributed by atoms with Crippen LogP contribution in [0.4, 0.5) is 13.2 Å². The molecule has 1 unspecified atom stereocenters. The zero-order valence-corrected chi connectivity index (χ0v) is 11.5. The largest absolute Gasteiger partial charge is 0.573 e. The van der Waals surface area contributed by atoms with Gasteiger partial charge >= 0.3 is 6.36 Å². The van der Waals surface area contributed by atoms with Crippen molar-refractivity contribution in [1.82, 2.24) is 5.32 Å². The van der Waals surface area contributed by atoms with Crippen molar-refractivity contribution in [1.29, 1.82) is 0 Å². The number of hydrogen-bond acceptors (Lipinski definition) is 2. The number of nitrogens with one attached hydrogen (secondary N) is 1. The molecule has 0 fully saturated rings. The molecule has 0 heterocycles. The molecular formula is C16H16F3NO. The Balaban J connectivity index is 2.03. The second-order valence-corrected chi connectivity index (χ2v) is 4.67. The molecule has 0 aliphatic carbocycles. The van der Waals surface area contributed by atoms with Crippen molar-refractivity contribution in [3.8, 4) is 5.75 Å². The third-order valence-corrected chi connectivity index (χ3v) is 3.10. The van der Waals surface area contributed by atoms with Gasteiger partial charge in [-0.15, -0.1) is 13.2 Å². The molecule has 0 aromatic heterocycles. The Kier molecular flexibility index (Phi) is 4.85. The number of rotatable bonds is 5. The highest BCUT2D eigenvalue weighted by Gasteiger charge is 2.31. The summed E-state index contributed by atoms with van der Waals surface area (Å²) >= 11 is 0. The Hall–Kier alpha value is -2.01. The van der Waals surface area contributed by atoms with Crippen LogP contribution < -0.4 is 10.1 Å². The highest BCUT2D eigenvalue weighted by Crippen LogP contribution is 2.26. The van der Waals surface area contributed by atoms with Gasteiger partial charge in [-0.25, -0.2) is 0 Å². The fourth-order valence-electron chi connectivity index (χ4n) is 2.00. The van der Waals surface area contributed by atoms with Crippen LogP contribution in [0.5, 0.6) is 5.75 Å². The molecule has 1 N–H and O–H groups in total. The molecule has 0 spiro atoms. The molecule has 0 aliphatic heterocycles. The normalized spacial score (nSPS) is 13.0. The minimum absolute atomic E-state index is 0.0325. The van der Waals surface area contributed by atoms with Crippen LogP contribution in [0.15, 0.2) is 54.6 Å². The SMILES string of the molecule is CC(NCc1ccccc1OC(F)(F)F)c1ccccc1. The minimum atomic E-state index is -4.68. The van der Waals surface area contributed by atoms with Crippen molar-refractivity contribution < 1.29 is 17.9 Å². The van der Waals surface area contributed by atoms with Crippen molar-refractivity contribution in [2.24, 2.45) is 0 Å². The Bertz CT molecular complexity index is 569. The molecule has 2 rings (SSSR count). The van der Waals surface area contributed by atoms with Crippen molar-refractivity contribution in [3.05, 3.63) is 65.7 Å². The minimum Gasteiger partial charge on any atom is -0.405 e. The summed E-state index contributed by atoms with van der Waals surface area (Å²) in [7, 11) is 0. The quantitative estimate of drug-likeness (QED) is 0.880. The third-order valence-electron chi connectivity index (χ3n) is 3.10. The van der Waals surface area contributed by atoms with E-state index in [1.165, 1.54) is 12.1 Å².